The van der Waals surface area contributed by atoms with Crippen LogP contribution in [0.1, 0.15) is 66.7 Å². The van der Waals surface area contributed by atoms with Crippen molar-refractivity contribution in [2.45, 2.75) is 77.9 Å². The number of carbonyl (C=O) groups is 1. The van der Waals surface area contributed by atoms with E-state index in [0.29, 0.717) is 0 Å². The number of piperidine rings is 1. The first-order valence-electron chi connectivity index (χ1n) is 8.93. The van der Waals surface area contributed by atoms with Crippen LogP contribution in [0.4, 0.5) is 4.79 Å². The topological polar surface area (TPSA) is 32.8 Å². The number of likely N-dealkylation sites (tertiary alicyclic amines) is 2. The summed E-state index contributed by atoms with van der Waals surface area (Å²) in [6.07, 6.45) is 5.78. The zero-order chi connectivity index (χ0) is 16.4. The Kier molecular flexibility index (Phi) is 5.41. The fraction of sp³-hybridized carbons (Fsp3) is 0.944. The highest BCUT2D eigenvalue weighted by Crippen LogP contribution is 2.32. The molecule has 0 aromatic heterocycles. The van der Waals surface area contributed by atoms with Gasteiger partial charge in [0.2, 0.25) is 0 Å². The van der Waals surface area contributed by atoms with Crippen LogP contribution in [0.25, 0.3) is 0 Å². The number of nitrogens with zero attached hydrogens (tertiary/aromatic N) is 2. The molecule has 2 aliphatic heterocycles. The van der Waals surface area contributed by atoms with Gasteiger partial charge in [0.1, 0.15) is 5.60 Å². The first-order chi connectivity index (χ1) is 10.2. The third kappa shape index (κ3) is 4.61. The lowest BCUT2D eigenvalue weighted by Gasteiger charge is -2.44. The van der Waals surface area contributed by atoms with Gasteiger partial charge in [-0.25, -0.2) is 4.79 Å². The highest BCUT2D eigenvalue weighted by Gasteiger charge is 2.36. The summed E-state index contributed by atoms with van der Waals surface area (Å²) in [5.41, 5.74) is -0.160. The van der Waals surface area contributed by atoms with Crippen LogP contribution in [0.15, 0.2) is 0 Å². The number of carbonyl (C=O) groups excluding carboxylic acids is 1. The quantitative estimate of drug-likeness (QED) is 0.736. The Morgan fingerprint density at radius 2 is 1.73 bits per heavy atom. The molecule has 2 saturated heterocycles. The zero-order valence-corrected chi connectivity index (χ0v) is 15.2. The number of hydrogen-bond donors (Lipinski definition) is 0. The van der Waals surface area contributed by atoms with Crippen molar-refractivity contribution in [1.82, 2.24) is 9.80 Å². The largest absolute Gasteiger partial charge is 0.444 e. The predicted molar refractivity (Wildman–Crippen MR) is 90.0 cm³/mol. The Morgan fingerprint density at radius 3 is 2.32 bits per heavy atom. The van der Waals surface area contributed by atoms with Crippen molar-refractivity contribution in [3.63, 3.8) is 0 Å². The number of amides is 1. The van der Waals surface area contributed by atoms with E-state index in [1.165, 1.54) is 32.4 Å². The van der Waals surface area contributed by atoms with E-state index in [1.54, 1.807) is 0 Å². The van der Waals surface area contributed by atoms with Crippen molar-refractivity contribution < 1.29 is 9.53 Å². The van der Waals surface area contributed by atoms with Crippen LogP contribution < -0.4 is 0 Å². The first-order valence-corrected chi connectivity index (χ1v) is 8.93. The highest BCUT2D eigenvalue weighted by molar-refractivity contribution is 5.68. The zero-order valence-electron chi connectivity index (χ0n) is 15.2. The lowest BCUT2D eigenvalue weighted by atomic mass is 9.87. The smallest absolute Gasteiger partial charge is 0.410 e. The van der Waals surface area contributed by atoms with Gasteiger partial charge in [-0.15, -0.1) is 0 Å². The van der Waals surface area contributed by atoms with Gasteiger partial charge in [-0.1, -0.05) is 6.92 Å². The molecule has 2 heterocycles. The molecular formula is C18H34N2O2. The van der Waals surface area contributed by atoms with Crippen molar-refractivity contribution in [1.29, 1.82) is 0 Å². The molecule has 2 rings (SSSR count). The summed E-state index contributed by atoms with van der Waals surface area (Å²) in [6, 6.07) is 0. The highest BCUT2D eigenvalue weighted by atomic mass is 16.6. The minimum absolute atomic E-state index is 0.149. The molecule has 0 saturated carbocycles. The summed E-state index contributed by atoms with van der Waals surface area (Å²) in [5.74, 6) is 0.865. The molecule has 128 valence electrons. The number of hydrogen-bond acceptors (Lipinski definition) is 3. The van der Waals surface area contributed by atoms with Crippen LogP contribution in [0, 0.1) is 5.92 Å². The van der Waals surface area contributed by atoms with E-state index < -0.39 is 5.60 Å². The van der Waals surface area contributed by atoms with E-state index >= 15 is 0 Å². The molecule has 4 nitrogen and oxygen atoms in total. The van der Waals surface area contributed by atoms with Gasteiger partial charge in [0.05, 0.1) is 0 Å². The summed E-state index contributed by atoms with van der Waals surface area (Å²) >= 11 is 0. The van der Waals surface area contributed by atoms with Crippen LogP contribution in [0.2, 0.25) is 0 Å². The average Bonchev–Trinajstić information content (AvgIpc) is 2.60. The molecule has 2 aliphatic rings. The van der Waals surface area contributed by atoms with Crippen molar-refractivity contribution in [2.24, 2.45) is 5.92 Å². The van der Waals surface area contributed by atoms with Gasteiger partial charge in [-0.2, -0.15) is 0 Å². The summed E-state index contributed by atoms with van der Waals surface area (Å²) in [6.45, 7) is 14.6. The summed E-state index contributed by atoms with van der Waals surface area (Å²) in [5, 5.41) is 0. The van der Waals surface area contributed by atoms with Crippen molar-refractivity contribution in [3.8, 4) is 0 Å². The van der Waals surface area contributed by atoms with Crippen LogP contribution in [-0.2, 0) is 4.74 Å². The van der Waals surface area contributed by atoms with Crippen LogP contribution >= 0.6 is 0 Å². The van der Waals surface area contributed by atoms with Gasteiger partial charge in [0.15, 0.2) is 0 Å². The van der Waals surface area contributed by atoms with Crippen molar-refractivity contribution in [3.05, 3.63) is 0 Å². The minimum atomic E-state index is -0.407. The molecule has 22 heavy (non-hydrogen) atoms. The number of rotatable bonds is 1. The summed E-state index contributed by atoms with van der Waals surface area (Å²) < 4.78 is 5.53. The maximum absolute atomic E-state index is 12.3. The predicted octanol–water partition coefficient (Wildman–Crippen LogP) is 3.90. The fourth-order valence-corrected chi connectivity index (χ4v) is 3.64. The molecule has 1 atom stereocenters. The molecule has 1 unspecified atom stereocenters. The van der Waals surface area contributed by atoms with Crippen LogP contribution in [0.5, 0.6) is 0 Å². The molecule has 4 heteroatoms. The molecule has 0 aliphatic carbocycles. The standard InChI is InChI=1S/C18H34N2O2/c1-15-7-12-20(13-8-15)18(5)9-6-11-19(14-10-18)16(21)22-17(2,3)4/h15H,6-14H2,1-5H3. The van der Waals surface area contributed by atoms with Gasteiger partial charge < -0.3 is 9.64 Å². The van der Waals surface area contributed by atoms with Gasteiger partial charge in [0, 0.05) is 18.6 Å². The maximum Gasteiger partial charge on any atom is 0.410 e. The fourth-order valence-electron chi connectivity index (χ4n) is 3.64. The Labute approximate surface area is 136 Å². The first kappa shape index (κ1) is 17.6. The molecule has 0 spiro atoms. The van der Waals surface area contributed by atoms with Crippen LogP contribution in [-0.4, -0.2) is 53.2 Å². The van der Waals surface area contributed by atoms with Gasteiger partial charge in [0.25, 0.3) is 0 Å². The number of ether oxygens (including phenoxy) is 1. The van der Waals surface area contributed by atoms with E-state index in [2.05, 4.69) is 18.7 Å². The minimum Gasteiger partial charge on any atom is -0.444 e. The lowest BCUT2D eigenvalue weighted by molar-refractivity contribution is 0.0228. The van der Waals surface area contributed by atoms with E-state index in [-0.39, 0.29) is 11.6 Å². The second-order valence-electron chi connectivity index (χ2n) is 8.49. The van der Waals surface area contributed by atoms with E-state index in [9.17, 15) is 4.79 Å². The monoisotopic (exact) mass is 310 g/mol. The molecular weight excluding hydrogens is 276 g/mol. The summed E-state index contributed by atoms with van der Waals surface area (Å²) in [4.78, 5) is 16.9. The maximum atomic E-state index is 12.3. The summed E-state index contributed by atoms with van der Waals surface area (Å²) in [7, 11) is 0. The van der Waals surface area contributed by atoms with Crippen molar-refractivity contribution in [2.75, 3.05) is 26.2 Å². The van der Waals surface area contributed by atoms with Gasteiger partial charge in [-0.05, 0) is 78.8 Å². The Hall–Kier alpha value is -0.770. The molecule has 0 bridgehead atoms. The molecule has 0 aromatic rings. The van der Waals surface area contributed by atoms with E-state index in [1.807, 2.05) is 25.7 Å². The normalized spacial score (nSPS) is 29.2. The van der Waals surface area contributed by atoms with Crippen molar-refractivity contribution >= 4 is 6.09 Å². The average molecular weight is 310 g/mol. The van der Waals surface area contributed by atoms with Gasteiger partial charge in [-0.3, -0.25) is 4.90 Å². The molecule has 2 fully saturated rings. The second-order valence-corrected chi connectivity index (χ2v) is 8.49. The lowest BCUT2D eigenvalue weighted by Crippen LogP contribution is -2.50. The van der Waals surface area contributed by atoms with E-state index in [0.717, 1.165) is 31.8 Å². The molecule has 1 amide bonds. The Morgan fingerprint density at radius 1 is 1.09 bits per heavy atom. The third-order valence-electron chi connectivity index (χ3n) is 5.26. The van der Waals surface area contributed by atoms with Gasteiger partial charge >= 0.3 is 6.09 Å². The second kappa shape index (κ2) is 6.77. The third-order valence-corrected chi connectivity index (χ3v) is 5.26. The Balaban J connectivity index is 1.92. The van der Waals surface area contributed by atoms with E-state index in [4.69, 9.17) is 4.74 Å². The molecule has 0 aromatic carbocycles. The molecule has 0 N–H and O–H groups in total. The van der Waals surface area contributed by atoms with Crippen LogP contribution in [0.3, 0.4) is 0 Å². The Bertz CT molecular complexity index is 383. The molecule has 0 radical (unpaired) electrons. The SMILES string of the molecule is CC1CCN(C2(C)CCCN(C(=O)OC(C)(C)C)CC2)CC1.